The quantitative estimate of drug-likeness (QED) is 0.794. The number of pyridine rings is 1. The van der Waals surface area contributed by atoms with Crippen LogP contribution in [0.15, 0.2) is 48.7 Å². The van der Waals surface area contributed by atoms with Crippen molar-refractivity contribution in [3.8, 4) is 11.1 Å². The molecule has 0 radical (unpaired) electrons. The summed E-state index contributed by atoms with van der Waals surface area (Å²) >= 11 is 0. The molecule has 2 aromatic rings. The van der Waals surface area contributed by atoms with Crippen LogP contribution in [-0.2, 0) is 0 Å². The zero-order valence-corrected chi connectivity index (χ0v) is 15.0. The molecule has 0 amide bonds. The van der Waals surface area contributed by atoms with Crippen molar-refractivity contribution in [2.24, 2.45) is 17.8 Å². The van der Waals surface area contributed by atoms with Gasteiger partial charge >= 0.3 is 0 Å². The van der Waals surface area contributed by atoms with Crippen LogP contribution in [0, 0.1) is 23.6 Å². The summed E-state index contributed by atoms with van der Waals surface area (Å²) in [7, 11) is 0. The molecule has 1 N–H and O–H groups in total. The average molecular weight is 351 g/mol. The summed E-state index contributed by atoms with van der Waals surface area (Å²) < 4.78 is 13.9. The van der Waals surface area contributed by atoms with E-state index in [4.69, 9.17) is 0 Å². The summed E-state index contributed by atoms with van der Waals surface area (Å²) in [6.45, 7) is 0. The van der Waals surface area contributed by atoms with Gasteiger partial charge in [0.05, 0.1) is 11.8 Å². The summed E-state index contributed by atoms with van der Waals surface area (Å²) in [6, 6.07) is 10.6. The molecule has 0 unspecified atom stereocenters. The minimum absolute atomic E-state index is 0.166. The van der Waals surface area contributed by atoms with Crippen LogP contribution in [0.4, 0.5) is 4.39 Å². The SMILES string of the molecule is O[C@H]1C[C@@H]2CCCC[C@H]2[C@H](/C=C/c2ccc(-c3ccccc3F)cn2)C1. The molecule has 2 saturated carbocycles. The van der Waals surface area contributed by atoms with Crippen molar-refractivity contribution in [3.05, 3.63) is 60.2 Å². The molecule has 4 rings (SSSR count). The van der Waals surface area contributed by atoms with Gasteiger partial charge in [-0.1, -0.05) is 49.6 Å². The summed E-state index contributed by atoms with van der Waals surface area (Å²) in [6.07, 6.45) is 12.9. The zero-order valence-electron chi connectivity index (χ0n) is 15.0. The topological polar surface area (TPSA) is 33.1 Å². The molecule has 1 aromatic heterocycles. The molecule has 26 heavy (non-hydrogen) atoms. The minimum Gasteiger partial charge on any atom is -0.393 e. The van der Waals surface area contributed by atoms with E-state index in [1.54, 1.807) is 18.3 Å². The Morgan fingerprint density at radius 2 is 1.88 bits per heavy atom. The van der Waals surface area contributed by atoms with Crippen LogP contribution in [0.25, 0.3) is 17.2 Å². The standard InChI is InChI=1S/C23H26FNO/c24-23-8-4-3-7-22(23)18-10-12-19(25-15-18)11-9-17-14-20(26)13-16-5-1-2-6-21(16)17/h3-4,7-12,15-17,20-21,26H,1-2,5-6,13-14H2/b11-9+/t16-,17+,20-,21+/m0/s1. The second-order valence-corrected chi connectivity index (χ2v) is 7.81. The molecule has 1 heterocycles. The highest BCUT2D eigenvalue weighted by Crippen LogP contribution is 2.44. The summed E-state index contributed by atoms with van der Waals surface area (Å²) in [5.74, 6) is 1.61. The number of rotatable bonds is 3. The van der Waals surface area contributed by atoms with E-state index in [9.17, 15) is 9.50 Å². The molecule has 0 aliphatic heterocycles. The Labute approximate surface area is 154 Å². The van der Waals surface area contributed by atoms with E-state index in [1.807, 2.05) is 18.2 Å². The van der Waals surface area contributed by atoms with Crippen LogP contribution in [-0.4, -0.2) is 16.2 Å². The molecule has 0 saturated heterocycles. The van der Waals surface area contributed by atoms with Gasteiger partial charge in [0.1, 0.15) is 5.82 Å². The Balaban J connectivity index is 1.49. The van der Waals surface area contributed by atoms with Crippen LogP contribution in [0.1, 0.15) is 44.2 Å². The van der Waals surface area contributed by atoms with Crippen molar-refractivity contribution in [2.45, 2.75) is 44.6 Å². The number of hydrogen-bond acceptors (Lipinski definition) is 2. The molecule has 2 aliphatic carbocycles. The lowest BCUT2D eigenvalue weighted by molar-refractivity contribution is 0.0232. The average Bonchev–Trinajstić information content (AvgIpc) is 2.67. The van der Waals surface area contributed by atoms with Crippen LogP contribution in [0.5, 0.6) is 0 Å². The number of aromatic nitrogens is 1. The fourth-order valence-corrected chi connectivity index (χ4v) is 4.83. The molecule has 4 atom stereocenters. The normalized spacial score (nSPS) is 28.8. The van der Waals surface area contributed by atoms with Crippen molar-refractivity contribution < 1.29 is 9.50 Å². The van der Waals surface area contributed by atoms with Crippen LogP contribution < -0.4 is 0 Å². The predicted molar refractivity (Wildman–Crippen MR) is 103 cm³/mol. The Hall–Kier alpha value is -2.00. The highest BCUT2D eigenvalue weighted by atomic mass is 19.1. The lowest BCUT2D eigenvalue weighted by Crippen LogP contribution is -2.36. The molecule has 2 aliphatic rings. The minimum atomic E-state index is -0.225. The van der Waals surface area contributed by atoms with Crippen LogP contribution >= 0.6 is 0 Å². The van der Waals surface area contributed by atoms with Gasteiger partial charge in [0.25, 0.3) is 0 Å². The molecule has 0 bridgehead atoms. The number of aliphatic hydroxyl groups is 1. The van der Waals surface area contributed by atoms with Crippen molar-refractivity contribution in [2.75, 3.05) is 0 Å². The molecular weight excluding hydrogens is 325 g/mol. The summed E-state index contributed by atoms with van der Waals surface area (Å²) in [5, 5.41) is 10.2. The van der Waals surface area contributed by atoms with Gasteiger partial charge < -0.3 is 5.11 Å². The highest BCUT2D eigenvalue weighted by Gasteiger charge is 2.37. The third-order valence-electron chi connectivity index (χ3n) is 6.12. The fourth-order valence-electron chi connectivity index (χ4n) is 4.83. The van der Waals surface area contributed by atoms with Gasteiger partial charge in [0.2, 0.25) is 0 Å². The number of halogens is 1. The van der Waals surface area contributed by atoms with Gasteiger partial charge in [-0.2, -0.15) is 0 Å². The maximum Gasteiger partial charge on any atom is 0.131 e. The van der Waals surface area contributed by atoms with Crippen molar-refractivity contribution in [1.29, 1.82) is 0 Å². The van der Waals surface area contributed by atoms with E-state index in [0.717, 1.165) is 24.1 Å². The monoisotopic (exact) mass is 351 g/mol. The number of fused-ring (bicyclic) bond motifs is 1. The van der Waals surface area contributed by atoms with Gasteiger partial charge in [-0.25, -0.2) is 4.39 Å². The smallest absolute Gasteiger partial charge is 0.131 e. The number of nitrogens with zero attached hydrogens (tertiary/aromatic N) is 1. The molecule has 2 nitrogen and oxygen atoms in total. The number of benzene rings is 1. The van der Waals surface area contributed by atoms with Gasteiger partial charge in [-0.15, -0.1) is 0 Å². The van der Waals surface area contributed by atoms with Gasteiger partial charge in [0.15, 0.2) is 0 Å². The second-order valence-electron chi connectivity index (χ2n) is 7.81. The van der Waals surface area contributed by atoms with Crippen LogP contribution in [0.3, 0.4) is 0 Å². The Morgan fingerprint density at radius 1 is 1.04 bits per heavy atom. The zero-order chi connectivity index (χ0) is 17.9. The Bertz CT molecular complexity index is 770. The van der Waals surface area contributed by atoms with E-state index < -0.39 is 0 Å². The third-order valence-corrected chi connectivity index (χ3v) is 6.12. The largest absolute Gasteiger partial charge is 0.393 e. The third kappa shape index (κ3) is 3.73. The summed E-state index contributed by atoms with van der Waals surface area (Å²) in [5.41, 5.74) is 2.26. The number of aliphatic hydroxyl groups excluding tert-OH is 1. The molecule has 3 heteroatoms. The number of allylic oxidation sites excluding steroid dienone is 1. The lowest BCUT2D eigenvalue weighted by Gasteiger charge is -2.42. The van der Waals surface area contributed by atoms with Crippen molar-refractivity contribution >= 4 is 6.08 Å². The van der Waals surface area contributed by atoms with E-state index in [1.165, 1.54) is 31.7 Å². The lowest BCUT2D eigenvalue weighted by atomic mass is 9.64. The predicted octanol–water partition coefficient (Wildman–Crippen LogP) is 5.48. The maximum atomic E-state index is 13.9. The molecule has 1 aromatic carbocycles. The molecular formula is C23H26FNO. The second kappa shape index (κ2) is 7.71. The molecule has 2 fully saturated rings. The first-order chi connectivity index (χ1) is 12.7. The first-order valence-electron chi connectivity index (χ1n) is 9.78. The van der Waals surface area contributed by atoms with Crippen molar-refractivity contribution in [3.63, 3.8) is 0 Å². The fraction of sp³-hybridized carbons (Fsp3) is 0.435. The van der Waals surface area contributed by atoms with E-state index in [2.05, 4.69) is 17.1 Å². The first kappa shape index (κ1) is 17.4. The Kier molecular flexibility index (Phi) is 5.16. The van der Waals surface area contributed by atoms with Gasteiger partial charge in [0, 0.05) is 17.3 Å². The van der Waals surface area contributed by atoms with Crippen LogP contribution in [0.2, 0.25) is 0 Å². The van der Waals surface area contributed by atoms with E-state index in [-0.39, 0.29) is 11.9 Å². The number of hydrogen-bond donors (Lipinski definition) is 1. The van der Waals surface area contributed by atoms with Crippen molar-refractivity contribution in [1.82, 2.24) is 4.98 Å². The van der Waals surface area contributed by atoms with E-state index in [0.29, 0.717) is 23.3 Å². The van der Waals surface area contributed by atoms with Gasteiger partial charge in [-0.05, 0) is 55.2 Å². The van der Waals surface area contributed by atoms with Gasteiger partial charge in [-0.3, -0.25) is 4.98 Å². The molecule has 0 spiro atoms. The summed E-state index contributed by atoms with van der Waals surface area (Å²) in [4.78, 5) is 4.49. The highest BCUT2D eigenvalue weighted by molar-refractivity contribution is 5.64. The maximum absolute atomic E-state index is 13.9. The Morgan fingerprint density at radius 3 is 2.69 bits per heavy atom. The van der Waals surface area contributed by atoms with E-state index >= 15 is 0 Å². The molecule has 136 valence electrons. The first-order valence-corrected chi connectivity index (χ1v) is 9.78.